The molecule has 0 aliphatic heterocycles. The lowest BCUT2D eigenvalue weighted by molar-refractivity contribution is -0.116. The second kappa shape index (κ2) is 22.1. The lowest BCUT2D eigenvalue weighted by Gasteiger charge is -2.10. The standard InChI is InChI=1S/C26H18FN3O3S.C15H14O3.C12H6ClFN2S/c1-16(31)30-19-6-8-20(9-7-19)32-21-10-12-22(13-11-21)33-25-24-23(14-34-26(24)29-15-28-25)17-2-4-18(27)5-3-17;1-11(16)8-12-4-2-6-14(9-12)18-15-7-3-5-13(17)10-15;13-11-10-9(5-17-12(10)16-6-15-11)7-1-3-8(14)4-2-7/h2-15H,1H3,(H,30,31);2-7,9-10,17H,8H2,1H3;1-6H. The molecule has 0 fully saturated rings. The van der Waals surface area contributed by atoms with Gasteiger partial charge in [-0.25, -0.2) is 28.7 Å². The van der Waals surface area contributed by atoms with Crippen LogP contribution in [0.4, 0.5) is 14.5 Å². The first-order valence-electron chi connectivity index (χ1n) is 20.9. The number of nitrogens with one attached hydrogen (secondary N) is 1. The van der Waals surface area contributed by atoms with Gasteiger partial charge in [0.05, 0.1) is 10.8 Å². The van der Waals surface area contributed by atoms with Gasteiger partial charge in [0.25, 0.3) is 0 Å². The zero-order chi connectivity index (χ0) is 48.3. The van der Waals surface area contributed by atoms with E-state index >= 15 is 0 Å². The fraction of sp³-hybridized carbons (Fsp3) is 0.0566. The van der Waals surface area contributed by atoms with Crippen LogP contribution >= 0.6 is 34.3 Å². The number of Topliss-reactive ketones (excluding diaryl/α,β-unsaturated/α-hetero) is 1. The van der Waals surface area contributed by atoms with Crippen LogP contribution in [0, 0.1) is 11.6 Å². The molecule has 4 aromatic heterocycles. The molecule has 0 radical (unpaired) electrons. The summed E-state index contributed by atoms with van der Waals surface area (Å²) in [5.41, 5.74) is 5.22. The predicted octanol–water partition coefficient (Wildman–Crippen LogP) is 14.5. The maximum atomic E-state index is 13.4. The number of phenols is 1. The maximum absolute atomic E-state index is 13.4. The van der Waals surface area contributed by atoms with Crippen molar-refractivity contribution < 1.29 is 37.7 Å². The van der Waals surface area contributed by atoms with E-state index in [2.05, 4.69) is 25.3 Å². The Kier molecular flexibility index (Phi) is 15.2. The summed E-state index contributed by atoms with van der Waals surface area (Å²) in [6.45, 7) is 3.02. The van der Waals surface area contributed by atoms with Crippen molar-refractivity contribution in [3.63, 3.8) is 0 Å². The summed E-state index contributed by atoms with van der Waals surface area (Å²) >= 11 is 9.04. The van der Waals surface area contributed by atoms with Crippen LogP contribution in [0.3, 0.4) is 0 Å². The summed E-state index contributed by atoms with van der Waals surface area (Å²) in [6.07, 6.45) is 3.30. The molecule has 344 valence electrons. The summed E-state index contributed by atoms with van der Waals surface area (Å²) in [7, 11) is 0. The number of amides is 1. The van der Waals surface area contributed by atoms with Crippen LogP contribution in [-0.4, -0.2) is 36.7 Å². The zero-order valence-electron chi connectivity index (χ0n) is 36.6. The van der Waals surface area contributed by atoms with Crippen LogP contribution in [0.25, 0.3) is 42.7 Å². The number of nitrogens with zero attached hydrogens (tertiary/aromatic N) is 4. The van der Waals surface area contributed by atoms with E-state index in [0.717, 1.165) is 48.3 Å². The van der Waals surface area contributed by atoms with E-state index in [1.807, 2.05) is 35.0 Å². The third-order valence-corrected chi connectivity index (χ3v) is 11.9. The molecule has 0 aliphatic carbocycles. The topological polar surface area (TPSA) is 146 Å². The van der Waals surface area contributed by atoms with Gasteiger partial charge in [-0.05, 0) is 121 Å². The van der Waals surface area contributed by atoms with Gasteiger partial charge in [0.15, 0.2) is 0 Å². The minimum absolute atomic E-state index is 0.115. The van der Waals surface area contributed by atoms with Crippen molar-refractivity contribution >= 4 is 72.1 Å². The predicted molar refractivity (Wildman–Crippen MR) is 267 cm³/mol. The number of anilines is 1. The third-order valence-electron chi connectivity index (χ3n) is 9.82. The van der Waals surface area contributed by atoms with E-state index in [-0.39, 0.29) is 29.1 Å². The largest absolute Gasteiger partial charge is 0.508 e. The van der Waals surface area contributed by atoms with Gasteiger partial charge in [0.2, 0.25) is 11.8 Å². The number of aromatic nitrogens is 4. The van der Waals surface area contributed by atoms with Crippen molar-refractivity contribution in [3.05, 3.63) is 191 Å². The van der Waals surface area contributed by atoms with Crippen molar-refractivity contribution in [1.29, 1.82) is 0 Å². The number of fused-ring (bicyclic) bond motifs is 2. The van der Waals surface area contributed by atoms with E-state index in [9.17, 15) is 23.5 Å². The van der Waals surface area contributed by atoms with Crippen molar-refractivity contribution in [2.75, 3.05) is 5.32 Å². The molecule has 0 unspecified atom stereocenters. The Morgan fingerprint density at radius 1 is 0.594 bits per heavy atom. The van der Waals surface area contributed by atoms with Crippen molar-refractivity contribution in [1.82, 2.24) is 19.9 Å². The van der Waals surface area contributed by atoms with Gasteiger partial charge in [-0.15, -0.1) is 22.7 Å². The molecule has 16 heteroatoms. The van der Waals surface area contributed by atoms with Crippen LogP contribution in [0.5, 0.6) is 40.4 Å². The Labute approximate surface area is 407 Å². The minimum Gasteiger partial charge on any atom is -0.508 e. The van der Waals surface area contributed by atoms with Crippen LogP contribution in [0.2, 0.25) is 5.15 Å². The molecule has 4 heterocycles. The normalized spacial score (nSPS) is 10.6. The first kappa shape index (κ1) is 47.4. The lowest BCUT2D eigenvalue weighted by Crippen LogP contribution is -2.05. The molecule has 10 aromatic rings. The molecule has 69 heavy (non-hydrogen) atoms. The highest BCUT2D eigenvalue weighted by molar-refractivity contribution is 7.17. The monoisotopic (exact) mass is 977 g/mol. The number of phenolic OH excluding ortho intramolecular Hbond substituents is 1. The van der Waals surface area contributed by atoms with Gasteiger partial charge in [-0.1, -0.05) is 54.1 Å². The molecule has 0 aliphatic rings. The number of carbonyl (C=O) groups excluding carboxylic acids is 2. The van der Waals surface area contributed by atoms with Gasteiger partial charge in [0, 0.05) is 47.0 Å². The van der Waals surface area contributed by atoms with Crippen molar-refractivity contribution in [2.45, 2.75) is 20.3 Å². The highest BCUT2D eigenvalue weighted by atomic mass is 35.5. The van der Waals surface area contributed by atoms with Crippen LogP contribution < -0.4 is 19.5 Å². The quantitative estimate of drug-likeness (QED) is 0.120. The van der Waals surface area contributed by atoms with Gasteiger partial charge in [-0.3, -0.25) is 9.59 Å². The number of benzene rings is 6. The highest BCUT2D eigenvalue weighted by Gasteiger charge is 2.16. The molecule has 10 rings (SSSR count). The first-order valence-corrected chi connectivity index (χ1v) is 23.1. The molecular formula is C53H38ClF2N5O6S2. The number of hydrogen-bond donors (Lipinski definition) is 2. The first-order chi connectivity index (χ1) is 33.4. The van der Waals surface area contributed by atoms with Gasteiger partial charge < -0.3 is 24.6 Å². The third kappa shape index (κ3) is 12.7. The maximum Gasteiger partial charge on any atom is 0.231 e. The Morgan fingerprint density at radius 2 is 1.10 bits per heavy atom. The average molecular weight is 978 g/mol. The fourth-order valence-corrected chi connectivity index (χ4v) is 8.88. The molecule has 0 atom stereocenters. The summed E-state index contributed by atoms with van der Waals surface area (Å²) in [5, 5.41) is 18.0. The van der Waals surface area contributed by atoms with Crippen LogP contribution in [-0.2, 0) is 16.0 Å². The number of hydrogen-bond acceptors (Lipinski definition) is 12. The Balaban J connectivity index is 0.000000154. The molecule has 0 bridgehead atoms. The summed E-state index contributed by atoms with van der Waals surface area (Å²) in [4.78, 5) is 40.6. The van der Waals surface area contributed by atoms with Crippen molar-refractivity contribution in [3.8, 4) is 62.6 Å². The number of carbonyl (C=O) groups is 2. The van der Waals surface area contributed by atoms with E-state index in [4.69, 9.17) is 25.8 Å². The molecule has 6 aromatic carbocycles. The average Bonchev–Trinajstić information content (AvgIpc) is 3.98. The zero-order valence-corrected chi connectivity index (χ0v) is 39.0. The second-order valence-electron chi connectivity index (χ2n) is 15.0. The smallest absolute Gasteiger partial charge is 0.231 e. The van der Waals surface area contributed by atoms with E-state index in [0.29, 0.717) is 51.9 Å². The Hall–Kier alpha value is -8.11. The fourth-order valence-electron chi connectivity index (χ4n) is 6.77. The van der Waals surface area contributed by atoms with Gasteiger partial charge >= 0.3 is 0 Å². The second-order valence-corrected chi connectivity index (χ2v) is 17.1. The summed E-state index contributed by atoms with van der Waals surface area (Å²) in [5.74, 6) is 3.11. The molecule has 2 N–H and O–H groups in total. The van der Waals surface area contributed by atoms with E-state index < -0.39 is 0 Å². The van der Waals surface area contributed by atoms with E-state index in [1.54, 1.807) is 97.9 Å². The molecule has 1 amide bonds. The SMILES string of the molecule is CC(=O)Cc1cccc(Oc2cccc(O)c2)c1.CC(=O)Nc1ccc(Oc2ccc(Oc3ncnc4scc(-c5ccc(F)cc5)c34)cc2)cc1.Fc1ccc(-c2csc3ncnc(Cl)c23)cc1. The number of ether oxygens (including phenoxy) is 3. The van der Waals surface area contributed by atoms with Crippen molar-refractivity contribution in [2.24, 2.45) is 0 Å². The van der Waals surface area contributed by atoms with Gasteiger partial charge in [0.1, 0.15) is 79.4 Å². The molecule has 0 saturated heterocycles. The molecular weight excluding hydrogens is 940 g/mol. The number of halogens is 3. The Morgan fingerprint density at radius 3 is 1.68 bits per heavy atom. The van der Waals surface area contributed by atoms with E-state index in [1.165, 1.54) is 72.6 Å². The van der Waals surface area contributed by atoms with Gasteiger partial charge in [-0.2, -0.15) is 0 Å². The minimum atomic E-state index is -0.290. The van der Waals surface area contributed by atoms with Crippen LogP contribution in [0.1, 0.15) is 19.4 Å². The number of rotatable bonds is 11. The molecule has 11 nitrogen and oxygen atoms in total. The lowest BCUT2D eigenvalue weighted by atomic mass is 10.1. The molecule has 0 spiro atoms. The number of aromatic hydroxyl groups is 1. The number of ketones is 1. The Bertz CT molecular complexity index is 3370. The summed E-state index contributed by atoms with van der Waals surface area (Å²) < 4.78 is 43.8. The summed E-state index contributed by atoms with van der Waals surface area (Å²) in [6, 6.07) is 40.8. The highest BCUT2D eigenvalue weighted by Crippen LogP contribution is 2.40. The number of thiophene rings is 2. The molecule has 0 saturated carbocycles. The van der Waals surface area contributed by atoms with Crippen LogP contribution in [0.15, 0.2) is 169 Å².